The zero-order chi connectivity index (χ0) is 26.1. The van der Waals surface area contributed by atoms with Crippen molar-refractivity contribution < 1.29 is 4.74 Å². The molecule has 190 valence electrons. The molecule has 0 spiro atoms. The lowest BCUT2D eigenvalue weighted by atomic mass is 9.76. The van der Waals surface area contributed by atoms with Crippen LogP contribution in [0.2, 0.25) is 10.0 Å². The van der Waals surface area contributed by atoms with Gasteiger partial charge < -0.3 is 10.1 Å². The van der Waals surface area contributed by atoms with Crippen LogP contribution in [0, 0.1) is 12.8 Å². The maximum absolute atomic E-state index is 6.48. The van der Waals surface area contributed by atoms with Crippen molar-refractivity contribution in [3.63, 3.8) is 0 Å². The first-order valence-electron chi connectivity index (χ1n) is 12.9. The fourth-order valence-electron chi connectivity index (χ4n) is 5.42. The standard InChI is InChI=1S/C33H28Cl2N2O/c1-21-5-15-31-29(17-21)27-3-2-4-28(27)33(37-31)24-9-13-26(14-10-24)36-19-23-8-16-32(30(35)18-23)38-20-22-6-11-25(34)12-7-22/h2-3,5-19,27-28,33,37H,4,20H2,1H3/t27-,28+,33+/m1/s1. The van der Waals surface area contributed by atoms with Crippen LogP contribution < -0.4 is 10.1 Å². The zero-order valence-corrected chi connectivity index (χ0v) is 22.6. The molecule has 38 heavy (non-hydrogen) atoms. The van der Waals surface area contributed by atoms with Crippen molar-refractivity contribution in [2.24, 2.45) is 10.9 Å². The van der Waals surface area contributed by atoms with Crippen LogP contribution in [0.25, 0.3) is 0 Å². The molecule has 3 atom stereocenters. The Labute approximate surface area is 233 Å². The lowest BCUT2D eigenvalue weighted by Crippen LogP contribution is -2.29. The number of rotatable bonds is 6. The summed E-state index contributed by atoms with van der Waals surface area (Å²) >= 11 is 12.4. The van der Waals surface area contributed by atoms with E-state index in [-0.39, 0.29) is 6.04 Å². The van der Waals surface area contributed by atoms with E-state index in [1.807, 2.05) is 48.7 Å². The smallest absolute Gasteiger partial charge is 0.138 e. The van der Waals surface area contributed by atoms with E-state index in [9.17, 15) is 0 Å². The minimum Gasteiger partial charge on any atom is -0.487 e. The Bertz CT molecular complexity index is 1510. The molecule has 4 aromatic rings. The van der Waals surface area contributed by atoms with E-state index in [0.29, 0.717) is 34.2 Å². The number of anilines is 1. The summed E-state index contributed by atoms with van der Waals surface area (Å²) in [4.78, 5) is 4.68. The van der Waals surface area contributed by atoms with Crippen LogP contribution in [0.3, 0.4) is 0 Å². The molecule has 1 aliphatic carbocycles. The van der Waals surface area contributed by atoms with Gasteiger partial charge in [-0.3, -0.25) is 4.99 Å². The summed E-state index contributed by atoms with van der Waals surface area (Å²) < 4.78 is 5.88. The Hall–Kier alpha value is -3.53. The number of aliphatic imine (C=N–C) groups is 1. The van der Waals surface area contributed by atoms with Gasteiger partial charge in [-0.05, 0) is 90.0 Å². The third kappa shape index (κ3) is 5.22. The van der Waals surface area contributed by atoms with E-state index in [1.165, 1.54) is 22.4 Å². The van der Waals surface area contributed by atoms with E-state index in [0.717, 1.165) is 23.2 Å². The number of hydrogen-bond donors (Lipinski definition) is 1. The highest BCUT2D eigenvalue weighted by molar-refractivity contribution is 6.32. The molecule has 0 saturated heterocycles. The van der Waals surface area contributed by atoms with Gasteiger partial charge >= 0.3 is 0 Å². The highest BCUT2D eigenvalue weighted by Crippen LogP contribution is 2.50. The molecule has 0 unspecified atom stereocenters. The Kier molecular flexibility index (Phi) is 6.97. The summed E-state index contributed by atoms with van der Waals surface area (Å²) in [5, 5.41) is 5.07. The van der Waals surface area contributed by atoms with Crippen molar-refractivity contribution in [3.05, 3.63) is 135 Å². The first kappa shape index (κ1) is 24.8. The molecule has 5 heteroatoms. The maximum atomic E-state index is 6.48. The first-order chi connectivity index (χ1) is 18.5. The lowest BCUT2D eigenvalue weighted by molar-refractivity contribution is 0.306. The van der Waals surface area contributed by atoms with E-state index < -0.39 is 0 Å². The Morgan fingerprint density at radius 2 is 1.76 bits per heavy atom. The van der Waals surface area contributed by atoms with Gasteiger partial charge in [-0.25, -0.2) is 0 Å². The quantitative estimate of drug-likeness (QED) is 0.196. The third-order valence-electron chi connectivity index (χ3n) is 7.40. The summed E-state index contributed by atoms with van der Waals surface area (Å²) in [6.07, 6.45) is 7.64. The molecule has 2 aliphatic rings. The zero-order valence-electron chi connectivity index (χ0n) is 21.1. The molecule has 1 heterocycles. The summed E-state index contributed by atoms with van der Waals surface area (Å²) in [5.74, 6) is 1.64. The van der Waals surface area contributed by atoms with Crippen LogP contribution in [0.5, 0.6) is 5.75 Å². The second-order valence-electron chi connectivity index (χ2n) is 10.0. The van der Waals surface area contributed by atoms with E-state index in [1.54, 1.807) is 0 Å². The molecule has 0 bridgehead atoms. The normalized spacial score (nSPS) is 19.7. The van der Waals surface area contributed by atoms with Crippen molar-refractivity contribution in [2.75, 3.05) is 5.32 Å². The fourth-order valence-corrected chi connectivity index (χ4v) is 5.79. The average molecular weight is 540 g/mol. The number of halogens is 2. The monoisotopic (exact) mass is 538 g/mol. The summed E-state index contributed by atoms with van der Waals surface area (Å²) in [6.45, 7) is 2.59. The SMILES string of the molecule is Cc1ccc2c(c1)[C@@H]1C=CC[C@@H]1[C@H](c1ccc(N=Cc3ccc(OCc4ccc(Cl)cc4)c(Cl)c3)cc1)N2. The van der Waals surface area contributed by atoms with Crippen molar-refractivity contribution >= 4 is 40.8 Å². The van der Waals surface area contributed by atoms with Gasteiger partial charge in [0, 0.05) is 22.8 Å². The molecular formula is C33H28Cl2N2O. The number of nitrogens with zero attached hydrogens (tertiary/aromatic N) is 1. The topological polar surface area (TPSA) is 33.6 Å². The Morgan fingerprint density at radius 1 is 0.947 bits per heavy atom. The first-order valence-corrected chi connectivity index (χ1v) is 13.6. The van der Waals surface area contributed by atoms with Crippen LogP contribution in [-0.4, -0.2) is 6.21 Å². The number of fused-ring (bicyclic) bond motifs is 3. The van der Waals surface area contributed by atoms with Gasteiger partial charge in [0.2, 0.25) is 0 Å². The molecule has 0 amide bonds. The number of aryl methyl sites for hydroxylation is 1. The van der Waals surface area contributed by atoms with Crippen molar-refractivity contribution in [1.82, 2.24) is 0 Å². The number of benzene rings is 4. The van der Waals surface area contributed by atoms with Gasteiger partial charge in [-0.15, -0.1) is 0 Å². The van der Waals surface area contributed by atoms with Gasteiger partial charge in [-0.2, -0.15) is 0 Å². The highest BCUT2D eigenvalue weighted by Gasteiger charge is 2.37. The predicted molar refractivity (Wildman–Crippen MR) is 158 cm³/mol. The molecule has 1 aliphatic heterocycles. The second-order valence-corrected chi connectivity index (χ2v) is 10.9. The van der Waals surface area contributed by atoms with Crippen LogP contribution >= 0.6 is 23.2 Å². The number of allylic oxidation sites excluding steroid dienone is 2. The van der Waals surface area contributed by atoms with Crippen molar-refractivity contribution in [1.29, 1.82) is 0 Å². The highest BCUT2D eigenvalue weighted by atomic mass is 35.5. The number of hydrogen-bond acceptors (Lipinski definition) is 3. The van der Waals surface area contributed by atoms with Gasteiger partial charge in [-0.1, -0.05) is 77.3 Å². The van der Waals surface area contributed by atoms with Gasteiger partial charge in [0.1, 0.15) is 12.4 Å². The number of nitrogens with one attached hydrogen (secondary N) is 1. The maximum Gasteiger partial charge on any atom is 0.138 e. The van der Waals surface area contributed by atoms with Crippen LogP contribution in [0.4, 0.5) is 11.4 Å². The predicted octanol–water partition coefficient (Wildman–Crippen LogP) is 9.46. The third-order valence-corrected chi connectivity index (χ3v) is 7.94. The van der Waals surface area contributed by atoms with Crippen LogP contribution in [0.1, 0.15) is 46.2 Å². The summed E-state index contributed by atoms with van der Waals surface area (Å²) in [7, 11) is 0. The largest absolute Gasteiger partial charge is 0.487 e. The minimum absolute atomic E-state index is 0.280. The van der Waals surface area contributed by atoms with Crippen LogP contribution in [0.15, 0.2) is 102 Å². The Morgan fingerprint density at radius 3 is 2.55 bits per heavy atom. The van der Waals surface area contributed by atoms with Gasteiger partial charge in [0.05, 0.1) is 16.8 Å². The van der Waals surface area contributed by atoms with Gasteiger partial charge in [0.25, 0.3) is 0 Å². The molecule has 4 aromatic carbocycles. The Balaban J connectivity index is 1.12. The van der Waals surface area contributed by atoms with E-state index >= 15 is 0 Å². The van der Waals surface area contributed by atoms with E-state index in [2.05, 4.69) is 71.8 Å². The molecule has 6 rings (SSSR count). The summed E-state index contributed by atoms with van der Waals surface area (Å²) in [6, 6.07) is 28.9. The fraction of sp³-hybridized carbons (Fsp3) is 0.182. The van der Waals surface area contributed by atoms with Crippen molar-refractivity contribution in [2.45, 2.75) is 31.9 Å². The molecule has 0 radical (unpaired) electrons. The van der Waals surface area contributed by atoms with Crippen LogP contribution in [-0.2, 0) is 6.61 Å². The number of ether oxygens (including phenoxy) is 1. The average Bonchev–Trinajstić information content (AvgIpc) is 3.43. The molecule has 3 nitrogen and oxygen atoms in total. The minimum atomic E-state index is 0.280. The van der Waals surface area contributed by atoms with Gasteiger partial charge in [0.15, 0.2) is 0 Å². The molecule has 0 aromatic heterocycles. The molecule has 0 saturated carbocycles. The molecular weight excluding hydrogens is 511 g/mol. The molecule has 1 N–H and O–H groups in total. The molecule has 0 fully saturated rings. The second kappa shape index (κ2) is 10.7. The lowest BCUT2D eigenvalue weighted by Gasteiger charge is -2.37. The van der Waals surface area contributed by atoms with E-state index in [4.69, 9.17) is 27.9 Å². The summed E-state index contributed by atoms with van der Waals surface area (Å²) in [5.41, 5.74) is 8.11. The van der Waals surface area contributed by atoms with Crippen molar-refractivity contribution in [3.8, 4) is 5.75 Å².